The lowest BCUT2D eigenvalue weighted by atomic mass is 9.49. The molecule has 0 aromatic heterocycles. The van der Waals surface area contributed by atoms with Crippen molar-refractivity contribution >= 4 is 0 Å². The predicted molar refractivity (Wildman–Crippen MR) is 72.9 cm³/mol. The monoisotopic (exact) mass is 246 g/mol. The van der Waals surface area contributed by atoms with Crippen LogP contribution in [0.5, 0.6) is 0 Å². The zero-order chi connectivity index (χ0) is 13.0. The van der Waals surface area contributed by atoms with E-state index in [1.807, 2.05) is 13.8 Å². The van der Waals surface area contributed by atoms with Crippen LogP contribution >= 0.6 is 0 Å². The van der Waals surface area contributed by atoms with Crippen molar-refractivity contribution in [3.05, 3.63) is 0 Å². The highest BCUT2D eigenvalue weighted by atomic mass is 15.2. The van der Waals surface area contributed by atoms with Crippen LogP contribution in [0.1, 0.15) is 52.4 Å². The lowest BCUT2D eigenvalue weighted by Gasteiger charge is -2.58. The molecule has 0 aromatic rings. The number of nitriles is 1. The minimum Gasteiger partial charge on any atom is -0.289 e. The molecule has 4 aliphatic carbocycles. The summed E-state index contributed by atoms with van der Waals surface area (Å²) in [6, 6.07) is 2.45. The Hall–Kier alpha value is -0.550. The fourth-order valence-corrected chi connectivity index (χ4v) is 5.27. The highest BCUT2D eigenvalue weighted by Crippen LogP contribution is 2.60. The van der Waals surface area contributed by atoms with Gasteiger partial charge in [-0.1, -0.05) is 0 Å². The second-order valence-electron chi connectivity index (χ2n) is 7.94. The second kappa shape index (κ2) is 3.97. The van der Waals surface area contributed by atoms with Gasteiger partial charge in [-0.2, -0.15) is 5.26 Å². The maximum Gasteiger partial charge on any atom is 0.103 e. The van der Waals surface area contributed by atoms with Crippen molar-refractivity contribution in [2.75, 3.05) is 13.6 Å². The molecule has 0 aromatic carbocycles. The highest BCUT2D eigenvalue weighted by Gasteiger charge is 2.51. The fourth-order valence-electron chi connectivity index (χ4n) is 5.27. The van der Waals surface area contributed by atoms with Crippen LogP contribution in [0.4, 0.5) is 0 Å². The summed E-state index contributed by atoms with van der Waals surface area (Å²) in [5.74, 6) is 3.03. The van der Waals surface area contributed by atoms with E-state index in [0.29, 0.717) is 5.41 Å². The van der Waals surface area contributed by atoms with Crippen LogP contribution in [0, 0.1) is 34.5 Å². The van der Waals surface area contributed by atoms with Gasteiger partial charge < -0.3 is 0 Å². The van der Waals surface area contributed by atoms with E-state index >= 15 is 0 Å². The molecule has 0 heterocycles. The summed E-state index contributed by atoms with van der Waals surface area (Å²) in [6.45, 7) is 5.23. The Morgan fingerprint density at radius 3 is 1.94 bits per heavy atom. The van der Waals surface area contributed by atoms with Gasteiger partial charge in [0.05, 0.1) is 6.07 Å². The molecule has 4 rings (SSSR count). The van der Waals surface area contributed by atoms with Crippen molar-refractivity contribution in [1.82, 2.24) is 4.90 Å². The van der Waals surface area contributed by atoms with Crippen LogP contribution in [0.15, 0.2) is 0 Å². The lowest BCUT2D eigenvalue weighted by molar-refractivity contribution is -0.0731. The fraction of sp³-hybridized carbons (Fsp3) is 0.938. The molecule has 0 radical (unpaired) electrons. The average Bonchev–Trinajstić information content (AvgIpc) is 2.26. The van der Waals surface area contributed by atoms with E-state index in [0.717, 1.165) is 24.3 Å². The van der Waals surface area contributed by atoms with Crippen LogP contribution in [-0.4, -0.2) is 24.0 Å². The van der Waals surface area contributed by atoms with Gasteiger partial charge in [-0.05, 0) is 82.6 Å². The molecular weight excluding hydrogens is 220 g/mol. The van der Waals surface area contributed by atoms with Gasteiger partial charge in [-0.15, -0.1) is 0 Å². The van der Waals surface area contributed by atoms with Crippen LogP contribution in [0.2, 0.25) is 0 Å². The smallest absolute Gasteiger partial charge is 0.103 e. The van der Waals surface area contributed by atoms with Gasteiger partial charge >= 0.3 is 0 Å². The summed E-state index contributed by atoms with van der Waals surface area (Å²) in [5, 5.41) is 9.29. The molecule has 0 saturated heterocycles. The third kappa shape index (κ3) is 1.97. The molecule has 4 fully saturated rings. The Bertz CT molecular complexity index is 342. The highest BCUT2D eigenvalue weighted by molar-refractivity contribution is 5.06. The second-order valence-corrected chi connectivity index (χ2v) is 7.94. The van der Waals surface area contributed by atoms with Crippen molar-refractivity contribution in [2.45, 2.75) is 57.9 Å². The van der Waals surface area contributed by atoms with E-state index < -0.39 is 0 Å². The maximum atomic E-state index is 9.29. The minimum atomic E-state index is -0.316. The molecule has 18 heavy (non-hydrogen) atoms. The minimum absolute atomic E-state index is 0.316. The van der Waals surface area contributed by atoms with Crippen molar-refractivity contribution in [3.8, 4) is 6.07 Å². The zero-order valence-corrected chi connectivity index (χ0v) is 12.1. The Morgan fingerprint density at radius 2 is 1.56 bits per heavy atom. The first kappa shape index (κ1) is 12.5. The Labute approximate surface area is 111 Å². The molecule has 2 heteroatoms. The molecule has 4 bridgehead atoms. The third-order valence-corrected chi connectivity index (χ3v) is 5.97. The summed E-state index contributed by atoms with van der Waals surface area (Å²) in [7, 11) is 2.14. The van der Waals surface area contributed by atoms with Gasteiger partial charge in [0.2, 0.25) is 0 Å². The molecule has 4 saturated carbocycles. The normalized spacial score (nSPS) is 42.3. The molecule has 100 valence electrons. The van der Waals surface area contributed by atoms with Gasteiger partial charge in [0.1, 0.15) is 5.54 Å². The van der Waals surface area contributed by atoms with Gasteiger partial charge in [0.25, 0.3) is 0 Å². The molecule has 0 unspecified atom stereocenters. The maximum absolute atomic E-state index is 9.29. The van der Waals surface area contributed by atoms with Gasteiger partial charge in [0.15, 0.2) is 0 Å². The largest absolute Gasteiger partial charge is 0.289 e. The van der Waals surface area contributed by atoms with Crippen LogP contribution in [0.25, 0.3) is 0 Å². The van der Waals surface area contributed by atoms with E-state index in [9.17, 15) is 5.26 Å². The van der Waals surface area contributed by atoms with Crippen molar-refractivity contribution in [3.63, 3.8) is 0 Å². The molecular formula is C16H26N2. The molecule has 4 aliphatic rings. The number of rotatable bonds is 3. The first-order valence-electron chi connectivity index (χ1n) is 7.55. The van der Waals surface area contributed by atoms with Gasteiger partial charge in [0, 0.05) is 6.54 Å². The Kier molecular flexibility index (Phi) is 2.75. The number of hydrogen-bond donors (Lipinski definition) is 0. The van der Waals surface area contributed by atoms with Crippen molar-refractivity contribution < 1.29 is 0 Å². The summed E-state index contributed by atoms with van der Waals surface area (Å²) < 4.78 is 0. The summed E-state index contributed by atoms with van der Waals surface area (Å²) in [6.07, 6.45) is 8.82. The van der Waals surface area contributed by atoms with E-state index in [2.05, 4.69) is 18.0 Å². The Balaban J connectivity index is 1.75. The molecule has 2 nitrogen and oxygen atoms in total. The quantitative estimate of drug-likeness (QED) is 0.762. The lowest BCUT2D eigenvalue weighted by Crippen LogP contribution is -2.53. The standard InChI is InChI=1S/C16H26N2/c1-15(2,10-17)18(3)11-16-7-12-4-13(8-16)6-14(5-12)9-16/h12-14H,4-9,11H2,1-3H3. The zero-order valence-electron chi connectivity index (χ0n) is 12.1. The SMILES string of the molecule is CN(CC12CC3CC(CC(C3)C1)C2)C(C)(C)C#N. The van der Waals surface area contributed by atoms with Crippen LogP contribution in [0.3, 0.4) is 0 Å². The molecule has 0 N–H and O–H groups in total. The van der Waals surface area contributed by atoms with E-state index in [-0.39, 0.29) is 5.54 Å². The first-order chi connectivity index (χ1) is 8.42. The van der Waals surface area contributed by atoms with E-state index in [1.54, 1.807) is 0 Å². The van der Waals surface area contributed by atoms with Crippen molar-refractivity contribution in [2.24, 2.45) is 23.2 Å². The summed E-state index contributed by atoms with van der Waals surface area (Å²) in [4.78, 5) is 2.31. The van der Waals surface area contributed by atoms with Crippen molar-refractivity contribution in [1.29, 1.82) is 5.26 Å². The van der Waals surface area contributed by atoms with Gasteiger partial charge in [-0.25, -0.2) is 0 Å². The first-order valence-corrected chi connectivity index (χ1v) is 7.55. The average molecular weight is 246 g/mol. The molecule has 0 aliphatic heterocycles. The number of nitrogens with zero attached hydrogens (tertiary/aromatic N) is 2. The molecule has 0 atom stereocenters. The van der Waals surface area contributed by atoms with Gasteiger partial charge in [-0.3, -0.25) is 4.90 Å². The molecule has 0 spiro atoms. The van der Waals surface area contributed by atoms with E-state index in [1.165, 1.54) is 38.5 Å². The summed E-state index contributed by atoms with van der Waals surface area (Å²) >= 11 is 0. The topological polar surface area (TPSA) is 27.0 Å². The van der Waals surface area contributed by atoms with Crippen LogP contribution < -0.4 is 0 Å². The van der Waals surface area contributed by atoms with E-state index in [4.69, 9.17) is 0 Å². The predicted octanol–water partition coefficient (Wildman–Crippen LogP) is 3.44. The Morgan fingerprint density at radius 1 is 1.11 bits per heavy atom. The summed E-state index contributed by atoms with van der Waals surface area (Å²) in [5.41, 5.74) is 0.237. The third-order valence-electron chi connectivity index (χ3n) is 5.97. The van der Waals surface area contributed by atoms with Crippen LogP contribution in [-0.2, 0) is 0 Å². The number of hydrogen-bond acceptors (Lipinski definition) is 2. The molecule has 0 amide bonds.